The molecule has 0 radical (unpaired) electrons. The predicted octanol–water partition coefficient (Wildman–Crippen LogP) is 3.39. The highest BCUT2D eigenvalue weighted by Gasteiger charge is 2.24. The molecule has 0 bridgehead atoms. The first-order chi connectivity index (χ1) is 10.3. The molecule has 0 atom stereocenters. The van der Waals surface area contributed by atoms with Crippen molar-refractivity contribution in [2.24, 2.45) is 0 Å². The van der Waals surface area contributed by atoms with Gasteiger partial charge in [0, 0.05) is 17.5 Å². The molecule has 0 spiro atoms. The summed E-state index contributed by atoms with van der Waals surface area (Å²) in [5.41, 5.74) is 2.50. The molecule has 1 aliphatic carbocycles. The summed E-state index contributed by atoms with van der Waals surface area (Å²) < 4.78 is 11.2. The topological polar surface area (TPSA) is 35.5 Å². The van der Waals surface area contributed by atoms with E-state index in [-0.39, 0.29) is 5.78 Å². The third kappa shape index (κ3) is 2.51. The Morgan fingerprint density at radius 2 is 1.95 bits per heavy atom. The van der Waals surface area contributed by atoms with Gasteiger partial charge in [0.25, 0.3) is 0 Å². The number of hydrogen-bond acceptors (Lipinski definition) is 3. The molecule has 2 aromatic rings. The summed E-state index contributed by atoms with van der Waals surface area (Å²) >= 11 is 0. The van der Waals surface area contributed by atoms with Gasteiger partial charge >= 0.3 is 0 Å². The molecule has 0 saturated heterocycles. The normalized spacial score (nSPS) is 16.2. The van der Waals surface area contributed by atoms with Gasteiger partial charge in [0.1, 0.15) is 11.5 Å². The van der Waals surface area contributed by atoms with Gasteiger partial charge in [-0.25, -0.2) is 0 Å². The lowest BCUT2D eigenvalue weighted by Gasteiger charge is -2.07. The first kappa shape index (κ1) is 12.5. The zero-order valence-corrected chi connectivity index (χ0v) is 11.7. The largest absolute Gasteiger partial charge is 0.493 e. The van der Waals surface area contributed by atoms with Crippen LogP contribution in [0, 0.1) is 0 Å². The zero-order chi connectivity index (χ0) is 14.2. The standard InChI is InChI=1S/C18H16O3/c19-18(14-4-7-17-12(10-14)8-9-20-17)13-2-1-3-16(11-13)21-15-5-6-15/h1-4,7,10-11,15H,5-6,8-9H2. The fourth-order valence-electron chi connectivity index (χ4n) is 2.58. The number of fused-ring (bicyclic) bond motifs is 1. The van der Waals surface area contributed by atoms with Crippen LogP contribution in [-0.2, 0) is 6.42 Å². The van der Waals surface area contributed by atoms with Crippen LogP contribution in [0.3, 0.4) is 0 Å². The molecule has 1 aliphatic heterocycles. The fourth-order valence-corrected chi connectivity index (χ4v) is 2.58. The van der Waals surface area contributed by atoms with Crippen LogP contribution in [0.25, 0.3) is 0 Å². The second-order valence-corrected chi connectivity index (χ2v) is 5.60. The van der Waals surface area contributed by atoms with Crippen LogP contribution in [0.15, 0.2) is 42.5 Å². The SMILES string of the molecule is O=C(c1cccc(OC2CC2)c1)c1ccc2c(c1)CCO2. The van der Waals surface area contributed by atoms with Gasteiger partial charge in [0.15, 0.2) is 5.78 Å². The van der Waals surface area contributed by atoms with Crippen molar-refractivity contribution < 1.29 is 14.3 Å². The van der Waals surface area contributed by atoms with Crippen LogP contribution in [0.4, 0.5) is 0 Å². The Labute approximate surface area is 123 Å². The van der Waals surface area contributed by atoms with Gasteiger partial charge in [0.2, 0.25) is 0 Å². The highest BCUT2D eigenvalue weighted by molar-refractivity contribution is 6.09. The van der Waals surface area contributed by atoms with Crippen LogP contribution in [0.2, 0.25) is 0 Å². The lowest BCUT2D eigenvalue weighted by Crippen LogP contribution is -2.03. The van der Waals surface area contributed by atoms with E-state index in [0.29, 0.717) is 23.8 Å². The van der Waals surface area contributed by atoms with E-state index in [2.05, 4.69) is 0 Å². The van der Waals surface area contributed by atoms with Crippen molar-refractivity contribution in [2.45, 2.75) is 25.4 Å². The van der Waals surface area contributed by atoms with E-state index in [0.717, 1.165) is 36.3 Å². The fraction of sp³-hybridized carbons (Fsp3) is 0.278. The van der Waals surface area contributed by atoms with Crippen LogP contribution >= 0.6 is 0 Å². The quantitative estimate of drug-likeness (QED) is 0.805. The maximum absolute atomic E-state index is 12.6. The molecule has 0 aromatic heterocycles. The van der Waals surface area contributed by atoms with E-state index in [9.17, 15) is 4.79 Å². The number of hydrogen-bond donors (Lipinski definition) is 0. The number of carbonyl (C=O) groups excluding carboxylic acids is 1. The summed E-state index contributed by atoms with van der Waals surface area (Å²) in [6, 6.07) is 13.1. The zero-order valence-electron chi connectivity index (χ0n) is 11.7. The van der Waals surface area contributed by atoms with Crippen molar-refractivity contribution in [3.05, 3.63) is 59.2 Å². The molecule has 0 unspecified atom stereocenters. The molecule has 2 aliphatic rings. The molecule has 21 heavy (non-hydrogen) atoms. The molecule has 1 heterocycles. The Morgan fingerprint density at radius 1 is 1.10 bits per heavy atom. The number of carbonyl (C=O) groups is 1. The molecule has 1 fully saturated rings. The monoisotopic (exact) mass is 280 g/mol. The minimum atomic E-state index is 0.0333. The van der Waals surface area contributed by atoms with Gasteiger partial charge in [-0.2, -0.15) is 0 Å². The summed E-state index contributed by atoms with van der Waals surface area (Å²) in [4.78, 5) is 12.6. The maximum Gasteiger partial charge on any atom is 0.193 e. The number of ketones is 1. The van der Waals surface area contributed by atoms with Gasteiger partial charge in [-0.15, -0.1) is 0 Å². The average Bonchev–Trinajstić information content (AvgIpc) is 3.20. The highest BCUT2D eigenvalue weighted by atomic mass is 16.5. The Bertz CT molecular complexity index is 701. The maximum atomic E-state index is 12.6. The van der Waals surface area contributed by atoms with Crippen LogP contribution < -0.4 is 9.47 Å². The first-order valence-electron chi connectivity index (χ1n) is 7.37. The van der Waals surface area contributed by atoms with Crippen molar-refractivity contribution in [3.63, 3.8) is 0 Å². The first-order valence-corrected chi connectivity index (χ1v) is 7.37. The molecule has 3 heteroatoms. The van der Waals surface area contributed by atoms with Crippen molar-refractivity contribution in [1.29, 1.82) is 0 Å². The summed E-state index contributed by atoms with van der Waals surface area (Å²) in [6.07, 6.45) is 3.44. The molecule has 4 rings (SSSR count). The van der Waals surface area contributed by atoms with E-state index >= 15 is 0 Å². The summed E-state index contributed by atoms with van der Waals surface area (Å²) in [6.45, 7) is 0.706. The Kier molecular flexibility index (Phi) is 2.92. The molecule has 106 valence electrons. The molecular weight excluding hydrogens is 264 g/mol. The highest BCUT2D eigenvalue weighted by Crippen LogP contribution is 2.29. The van der Waals surface area contributed by atoms with E-state index in [1.165, 1.54) is 0 Å². The summed E-state index contributed by atoms with van der Waals surface area (Å²) in [7, 11) is 0. The van der Waals surface area contributed by atoms with E-state index in [1.807, 2.05) is 42.5 Å². The second kappa shape index (κ2) is 4.92. The second-order valence-electron chi connectivity index (χ2n) is 5.60. The summed E-state index contributed by atoms with van der Waals surface area (Å²) in [5.74, 6) is 1.72. The molecular formula is C18H16O3. The Morgan fingerprint density at radius 3 is 2.81 bits per heavy atom. The average molecular weight is 280 g/mol. The number of ether oxygens (including phenoxy) is 2. The van der Waals surface area contributed by atoms with Crippen molar-refractivity contribution in [3.8, 4) is 11.5 Å². The van der Waals surface area contributed by atoms with E-state index in [1.54, 1.807) is 0 Å². The number of benzene rings is 2. The lowest BCUT2D eigenvalue weighted by molar-refractivity contribution is 0.103. The molecule has 1 saturated carbocycles. The van der Waals surface area contributed by atoms with Gasteiger partial charge in [-0.3, -0.25) is 4.79 Å². The minimum absolute atomic E-state index is 0.0333. The van der Waals surface area contributed by atoms with Crippen LogP contribution in [-0.4, -0.2) is 18.5 Å². The molecule has 0 amide bonds. The smallest absolute Gasteiger partial charge is 0.193 e. The molecule has 2 aromatic carbocycles. The Balaban J connectivity index is 1.61. The van der Waals surface area contributed by atoms with Gasteiger partial charge in [-0.05, 0) is 48.7 Å². The van der Waals surface area contributed by atoms with Gasteiger partial charge in [-0.1, -0.05) is 12.1 Å². The van der Waals surface area contributed by atoms with Crippen molar-refractivity contribution in [2.75, 3.05) is 6.61 Å². The van der Waals surface area contributed by atoms with Crippen LogP contribution in [0.1, 0.15) is 34.3 Å². The van der Waals surface area contributed by atoms with Crippen molar-refractivity contribution >= 4 is 5.78 Å². The van der Waals surface area contributed by atoms with Crippen molar-refractivity contribution in [1.82, 2.24) is 0 Å². The van der Waals surface area contributed by atoms with Gasteiger partial charge < -0.3 is 9.47 Å². The van der Waals surface area contributed by atoms with Gasteiger partial charge in [0.05, 0.1) is 12.7 Å². The lowest BCUT2D eigenvalue weighted by atomic mass is 10.0. The third-order valence-electron chi connectivity index (χ3n) is 3.87. The summed E-state index contributed by atoms with van der Waals surface area (Å²) in [5, 5.41) is 0. The Hall–Kier alpha value is -2.29. The molecule has 3 nitrogen and oxygen atoms in total. The van der Waals surface area contributed by atoms with Crippen LogP contribution in [0.5, 0.6) is 11.5 Å². The van der Waals surface area contributed by atoms with E-state index < -0.39 is 0 Å². The minimum Gasteiger partial charge on any atom is -0.493 e. The molecule has 0 N–H and O–H groups in total. The predicted molar refractivity (Wildman–Crippen MR) is 79.2 cm³/mol. The van der Waals surface area contributed by atoms with E-state index in [4.69, 9.17) is 9.47 Å². The number of rotatable bonds is 4. The third-order valence-corrected chi connectivity index (χ3v) is 3.87.